The van der Waals surface area contributed by atoms with E-state index in [-0.39, 0.29) is 17.9 Å². The van der Waals surface area contributed by atoms with Gasteiger partial charge in [-0.15, -0.1) is 12.4 Å². The highest BCUT2D eigenvalue weighted by molar-refractivity contribution is 5.85. The summed E-state index contributed by atoms with van der Waals surface area (Å²) in [5, 5.41) is 3.56. The van der Waals surface area contributed by atoms with Crippen LogP contribution >= 0.6 is 12.4 Å². The average Bonchev–Trinajstić information content (AvgIpc) is 2.84. The molecule has 0 aliphatic carbocycles. The molecule has 2 heterocycles. The summed E-state index contributed by atoms with van der Waals surface area (Å²) in [6.07, 6.45) is 2.83. The number of halogens is 1. The van der Waals surface area contributed by atoms with Crippen LogP contribution in [0, 0.1) is 0 Å². The lowest BCUT2D eigenvalue weighted by Crippen LogP contribution is -2.45. The van der Waals surface area contributed by atoms with Crippen molar-refractivity contribution < 1.29 is 4.42 Å². The fraction of sp³-hybridized carbons (Fsp3) is 0.286. The van der Waals surface area contributed by atoms with Crippen molar-refractivity contribution in [1.82, 2.24) is 5.32 Å². The van der Waals surface area contributed by atoms with Gasteiger partial charge in [0.05, 0.1) is 11.8 Å². The molecular weight excluding hydrogens is 234 g/mol. The van der Waals surface area contributed by atoms with Crippen molar-refractivity contribution in [3.8, 4) is 0 Å². The molecule has 1 aliphatic heterocycles. The maximum Gasteiger partial charge on any atom is 0.128 e. The molecule has 1 aromatic heterocycles. The smallest absolute Gasteiger partial charge is 0.128 e. The molecule has 0 bridgehead atoms. The number of hydrogen-bond donors (Lipinski definition) is 1. The molecule has 1 aromatic carbocycles. The van der Waals surface area contributed by atoms with Gasteiger partial charge in [-0.3, -0.25) is 0 Å². The second-order valence-corrected chi connectivity index (χ2v) is 4.44. The van der Waals surface area contributed by atoms with Gasteiger partial charge in [0.25, 0.3) is 0 Å². The van der Waals surface area contributed by atoms with Gasteiger partial charge in [0.15, 0.2) is 0 Å². The van der Waals surface area contributed by atoms with Crippen molar-refractivity contribution >= 4 is 12.4 Å². The van der Waals surface area contributed by atoms with Crippen molar-refractivity contribution in [2.24, 2.45) is 0 Å². The van der Waals surface area contributed by atoms with Crippen LogP contribution in [0.2, 0.25) is 0 Å². The molecule has 3 heteroatoms. The summed E-state index contributed by atoms with van der Waals surface area (Å²) in [6.45, 7) is 3.18. The Morgan fingerprint density at radius 3 is 2.76 bits per heavy atom. The number of rotatable bonds is 1. The Kier molecular flexibility index (Phi) is 3.27. The molecule has 1 unspecified atom stereocenters. The van der Waals surface area contributed by atoms with Crippen LogP contribution in [0.1, 0.15) is 23.8 Å². The molecule has 1 aliphatic rings. The number of fused-ring (bicyclic) bond motifs is 1. The monoisotopic (exact) mass is 249 g/mol. The van der Waals surface area contributed by atoms with Crippen LogP contribution in [0.5, 0.6) is 0 Å². The van der Waals surface area contributed by atoms with E-state index >= 15 is 0 Å². The topological polar surface area (TPSA) is 25.2 Å². The molecule has 0 amide bonds. The summed E-state index contributed by atoms with van der Waals surface area (Å²) < 4.78 is 5.57. The van der Waals surface area contributed by atoms with Crippen LogP contribution in [0.3, 0.4) is 0 Å². The molecule has 90 valence electrons. The molecule has 0 saturated heterocycles. The first-order valence-corrected chi connectivity index (χ1v) is 5.68. The summed E-state index contributed by atoms with van der Waals surface area (Å²) in [5.41, 5.74) is 2.56. The van der Waals surface area contributed by atoms with Crippen molar-refractivity contribution in [1.29, 1.82) is 0 Å². The molecule has 17 heavy (non-hydrogen) atoms. The zero-order chi connectivity index (χ0) is 11.0. The van der Waals surface area contributed by atoms with Crippen LogP contribution in [-0.4, -0.2) is 6.54 Å². The normalized spacial score (nSPS) is 22.6. The zero-order valence-corrected chi connectivity index (χ0v) is 10.6. The molecule has 1 N–H and O–H groups in total. The molecule has 0 radical (unpaired) electrons. The lowest BCUT2D eigenvalue weighted by Gasteiger charge is -2.35. The van der Waals surface area contributed by atoms with E-state index in [1.165, 1.54) is 11.1 Å². The lowest BCUT2D eigenvalue weighted by molar-refractivity contribution is 0.332. The van der Waals surface area contributed by atoms with E-state index in [4.69, 9.17) is 4.42 Å². The first-order chi connectivity index (χ1) is 7.81. The van der Waals surface area contributed by atoms with E-state index in [0.717, 1.165) is 18.7 Å². The number of benzene rings is 1. The molecule has 2 nitrogen and oxygen atoms in total. The predicted molar refractivity (Wildman–Crippen MR) is 70.6 cm³/mol. The summed E-state index contributed by atoms with van der Waals surface area (Å²) in [5.74, 6) is 0.986. The SMILES string of the molecule is CC1(c2ccco2)NCCc2ccccc21.Cl. The Bertz CT molecular complexity index is 495. The van der Waals surface area contributed by atoms with Gasteiger partial charge in [-0.05, 0) is 36.6 Å². The van der Waals surface area contributed by atoms with Gasteiger partial charge in [-0.25, -0.2) is 0 Å². The van der Waals surface area contributed by atoms with Crippen molar-refractivity contribution in [3.63, 3.8) is 0 Å². The van der Waals surface area contributed by atoms with Gasteiger partial charge in [0.1, 0.15) is 5.76 Å². The van der Waals surface area contributed by atoms with Gasteiger partial charge >= 0.3 is 0 Å². The minimum absolute atomic E-state index is 0. The van der Waals surface area contributed by atoms with Crippen LogP contribution in [0.4, 0.5) is 0 Å². The lowest BCUT2D eigenvalue weighted by atomic mass is 9.82. The minimum atomic E-state index is -0.182. The minimum Gasteiger partial charge on any atom is -0.467 e. The summed E-state index contributed by atoms with van der Waals surface area (Å²) in [4.78, 5) is 0. The fourth-order valence-electron chi connectivity index (χ4n) is 2.55. The van der Waals surface area contributed by atoms with Crippen LogP contribution < -0.4 is 5.32 Å². The third-order valence-electron chi connectivity index (χ3n) is 3.44. The second-order valence-electron chi connectivity index (χ2n) is 4.44. The molecule has 3 rings (SSSR count). The maximum absolute atomic E-state index is 5.57. The van der Waals surface area contributed by atoms with E-state index in [0.29, 0.717) is 0 Å². The highest BCUT2D eigenvalue weighted by Crippen LogP contribution is 2.34. The number of furan rings is 1. The Balaban J connectivity index is 0.00000108. The molecule has 0 spiro atoms. The number of nitrogens with one attached hydrogen (secondary N) is 1. The van der Waals surface area contributed by atoms with E-state index in [1.807, 2.05) is 12.1 Å². The van der Waals surface area contributed by atoms with Crippen molar-refractivity contribution in [2.75, 3.05) is 6.54 Å². The first-order valence-electron chi connectivity index (χ1n) is 5.68. The van der Waals surface area contributed by atoms with Crippen molar-refractivity contribution in [3.05, 3.63) is 59.5 Å². The maximum atomic E-state index is 5.57. The molecule has 0 fully saturated rings. The summed E-state index contributed by atoms with van der Waals surface area (Å²) in [7, 11) is 0. The third-order valence-corrected chi connectivity index (χ3v) is 3.44. The molecule has 0 saturated carbocycles. The Labute approximate surface area is 107 Å². The number of hydrogen-bond acceptors (Lipinski definition) is 2. The van der Waals surface area contributed by atoms with E-state index in [1.54, 1.807) is 6.26 Å². The largest absolute Gasteiger partial charge is 0.467 e. The Morgan fingerprint density at radius 1 is 1.18 bits per heavy atom. The molecule has 2 aromatic rings. The van der Waals surface area contributed by atoms with Gasteiger partial charge in [0.2, 0.25) is 0 Å². The predicted octanol–water partition coefficient (Wildman–Crippen LogP) is 3.11. The summed E-state index contributed by atoms with van der Waals surface area (Å²) in [6, 6.07) is 12.6. The highest BCUT2D eigenvalue weighted by atomic mass is 35.5. The second kappa shape index (κ2) is 4.55. The van der Waals surface area contributed by atoms with Gasteiger partial charge in [-0.2, -0.15) is 0 Å². The quantitative estimate of drug-likeness (QED) is 0.840. The van der Waals surface area contributed by atoms with Gasteiger partial charge in [0, 0.05) is 6.54 Å². The van der Waals surface area contributed by atoms with Gasteiger partial charge in [-0.1, -0.05) is 24.3 Å². The van der Waals surface area contributed by atoms with Crippen LogP contribution in [0.25, 0.3) is 0 Å². The highest BCUT2D eigenvalue weighted by Gasteiger charge is 2.35. The average molecular weight is 250 g/mol. The standard InChI is InChI=1S/C14H15NO.ClH/c1-14(13-7-4-10-16-13)12-6-3-2-5-11(12)8-9-15-14;/h2-7,10,15H,8-9H2,1H3;1H. The van der Waals surface area contributed by atoms with E-state index in [2.05, 4.69) is 36.5 Å². The fourth-order valence-corrected chi connectivity index (χ4v) is 2.55. The molecular formula is C14H16ClNO. The molecule has 1 atom stereocenters. The first kappa shape index (κ1) is 12.2. The van der Waals surface area contributed by atoms with Gasteiger partial charge < -0.3 is 9.73 Å². The Hall–Kier alpha value is -1.25. The van der Waals surface area contributed by atoms with E-state index < -0.39 is 0 Å². The van der Waals surface area contributed by atoms with Crippen LogP contribution in [0.15, 0.2) is 47.1 Å². The van der Waals surface area contributed by atoms with Crippen molar-refractivity contribution in [2.45, 2.75) is 18.9 Å². The van der Waals surface area contributed by atoms with E-state index in [9.17, 15) is 0 Å². The zero-order valence-electron chi connectivity index (χ0n) is 9.77. The summed E-state index contributed by atoms with van der Waals surface area (Å²) >= 11 is 0. The Morgan fingerprint density at radius 2 is 2.00 bits per heavy atom. The van der Waals surface area contributed by atoms with Crippen LogP contribution in [-0.2, 0) is 12.0 Å². The third kappa shape index (κ3) is 1.88.